The number of rotatable bonds is 3. The molecule has 1 aliphatic heterocycles. The Hall–Kier alpha value is -1.17. The highest BCUT2D eigenvalue weighted by molar-refractivity contribution is 14.1. The fourth-order valence-corrected chi connectivity index (χ4v) is 2.29. The Balaban J connectivity index is 2.39. The zero-order valence-electron chi connectivity index (χ0n) is 9.61. The fraction of sp³-hybridized carbons (Fsp3) is 0.143. The van der Waals surface area contributed by atoms with Gasteiger partial charge in [-0.1, -0.05) is 36.9 Å². The highest BCUT2D eigenvalue weighted by atomic mass is 127. The first-order valence-electron chi connectivity index (χ1n) is 5.47. The van der Waals surface area contributed by atoms with Crippen LogP contribution in [0, 0.1) is 0 Å². The van der Waals surface area contributed by atoms with E-state index in [0.717, 1.165) is 14.8 Å². The maximum absolute atomic E-state index is 12.7. The molecule has 0 spiro atoms. The van der Waals surface area contributed by atoms with Crippen molar-refractivity contribution in [2.45, 2.75) is 6.43 Å². The Kier molecular flexibility index (Phi) is 4.16. The lowest BCUT2D eigenvalue weighted by Gasteiger charge is -2.31. The number of nitrogens with zero attached hydrogens (tertiary/aromatic N) is 1. The number of allylic oxidation sites excluding steroid dienone is 3. The molecule has 0 bridgehead atoms. The predicted octanol–water partition coefficient (Wildman–Crippen LogP) is 4.44. The van der Waals surface area contributed by atoms with Crippen LogP contribution in [0.15, 0.2) is 58.3 Å². The Morgan fingerprint density at radius 3 is 2.44 bits per heavy atom. The highest BCUT2D eigenvalue weighted by Gasteiger charge is 2.22. The minimum Gasteiger partial charge on any atom is -0.335 e. The van der Waals surface area contributed by atoms with Gasteiger partial charge in [-0.2, -0.15) is 0 Å². The molecule has 0 amide bonds. The number of hydrogen-bond acceptors (Lipinski definition) is 1. The van der Waals surface area contributed by atoms with E-state index in [2.05, 4.69) is 29.2 Å². The van der Waals surface area contributed by atoms with Crippen molar-refractivity contribution in [1.29, 1.82) is 0 Å². The zero-order valence-corrected chi connectivity index (χ0v) is 11.8. The summed E-state index contributed by atoms with van der Waals surface area (Å²) in [5.74, 6) is 0. The van der Waals surface area contributed by atoms with Gasteiger partial charge in [0.15, 0.2) is 0 Å². The molecule has 0 radical (unpaired) electrons. The van der Waals surface area contributed by atoms with Crippen molar-refractivity contribution in [1.82, 2.24) is 4.90 Å². The van der Waals surface area contributed by atoms with Gasteiger partial charge in [0.1, 0.15) is 0 Å². The van der Waals surface area contributed by atoms with Crippen molar-refractivity contribution in [2.75, 3.05) is 6.54 Å². The van der Waals surface area contributed by atoms with E-state index in [4.69, 9.17) is 0 Å². The van der Waals surface area contributed by atoms with Gasteiger partial charge in [0.25, 0.3) is 6.43 Å². The molecule has 18 heavy (non-hydrogen) atoms. The Morgan fingerprint density at radius 1 is 1.17 bits per heavy atom. The summed E-state index contributed by atoms with van der Waals surface area (Å²) in [6.07, 6.45) is 1.36. The minimum absolute atomic E-state index is 0.333. The van der Waals surface area contributed by atoms with Crippen molar-refractivity contribution in [3.8, 4) is 0 Å². The second-order valence-corrected chi connectivity index (χ2v) is 5.04. The average molecular weight is 359 g/mol. The van der Waals surface area contributed by atoms with E-state index >= 15 is 0 Å². The van der Waals surface area contributed by atoms with Crippen LogP contribution in [-0.4, -0.2) is 17.9 Å². The van der Waals surface area contributed by atoms with E-state index in [-0.39, 0.29) is 6.54 Å². The van der Waals surface area contributed by atoms with Gasteiger partial charge >= 0.3 is 0 Å². The molecule has 0 saturated heterocycles. The molecule has 0 fully saturated rings. The topological polar surface area (TPSA) is 3.24 Å². The molecule has 1 heterocycles. The molecule has 4 heteroatoms. The summed E-state index contributed by atoms with van der Waals surface area (Å²) >= 11 is 2.10. The first kappa shape index (κ1) is 13.3. The molecule has 0 aromatic heterocycles. The van der Waals surface area contributed by atoms with Crippen LogP contribution in [0.5, 0.6) is 0 Å². The summed E-state index contributed by atoms with van der Waals surface area (Å²) in [4.78, 5) is 1.57. The molecule has 0 saturated carbocycles. The van der Waals surface area contributed by atoms with E-state index in [1.54, 1.807) is 4.90 Å². The van der Waals surface area contributed by atoms with Crippen molar-refractivity contribution < 1.29 is 8.78 Å². The summed E-state index contributed by atoms with van der Waals surface area (Å²) < 4.78 is 26.2. The van der Waals surface area contributed by atoms with Crippen LogP contribution in [-0.2, 0) is 0 Å². The van der Waals surface area contributed by atoms with Crippen LogP contribution < -0.4 is 0 Å². The van der Waals surface area contributed by atoms with E-state index in [1.807, 2.05) is 42.5 Å². The molecular weight excluding hydrogens is 347 g/mol. The molecule has 94 valence electrons. The van der Waals surface area contributed by atoms with Gasteiger partial charge in [-0.05, 0) is 40.3 Å². The van der Waals surface area contributed by atoms with Crippen LogP contribution in [0.2, 0.25) is 0 Å². The lowest BCUT2D eigenvalue weighted by Crippen LogP contribution is -2.28. The Labute approximate surface area is 119 Å². The number of benzene rings is 1. The first-order chi connectivity index (χ1) is 8.59. The van der Waals surface area contributed by atoms with Gasteiger partial charge < -0.3 is 4.90 Å². The molecule has 1 aromatic carbocycles. The summed E-state index contributed by atoms with van der Waals surface area (Å²) in [5, 5.41) is 0. The molecule has 2 rings (SSSR count). The molecule has 1 nitrogen and oxygen atoms in total. The Bertz CT molecular complexity index is 506. The van der Waals surface area contributed by atoms with Gasteiger partial charge in [0.2, 0.25) is 0 Å². The summed E-state index contributed by atoms with van der Waals surface area (Å²) in [7, 11) is 0. The molecule has 1 aliphatic rings. The quantitative estimate of drug-likeness (QED) is 0.722. The van der Waals surface area contributed by atoms with Crippen LogP contribution in [0.1, 0.15) is 5.56 Å². The third kappa shape index (κ3) is 2.80. The molecule has 0 unspecified atom stereocenters. The van der Waals surface area contributed by atoms with Crippen molar-refractivity contribution >= 4 is 28.3 Å². The van der Waals surface area contributed by atoms with Crippen LogP contribution in [0.25, 0.3) is 5.70 Å². The summed E-state index contributed by atoms with van der Waals surface area (Å²) in [6.45, 7) is 3.55. The highest BCUT2D eigenvalue weighted by Crippen LogP contribution is 2.33. The van der Waals surface area contributed by atoms with Crippen molar-refractivity contribution in [3.05, 3.63) is 63.9 Å². The first-order valence-corrected chi connectivity index (χ1v) is 6.55. The third-order valence-electron chi connectivity index (χ3n) is 2.67. The van der Waals surface area contributed by atoms with Crippen molar-refractivity contribution in [3.63, 3.8) is 0 Å². The fourth-order valence-electron chi connectivity index (χ4n) is 1.82. The third-order valence-corrected chi connectivity index (χ3v) is 3.65. The number of halogens is 3. The van der Waals surface area contributed by atoms with Crippen LogP contribution in [0.4, 0.5) is 8.78 Å². The minimum atomic E-state index is -2.39. The average Bonchev–Trinajstić information content (AvgIpc) is 2.36. The van der Waals surface area contributed by atoms with Gasteiger partial charge in [0.05, 0.1) is 6.54 Å². The summed E-state index contributed by atoms with van der Waals surface area (Å²) in [5.41, 5.74) is 2.30. The predicted molar refractivity (Wildman–Crippen MR) is 78.4 cm³/mol. The standard InChI is InChI=1S/C14H12F2IN/c1-10-12(17)7-8-13(18(10)9-14(15)16)11-5-3-2-4-6-11/h2-8,14H,1,9H2. The SMILES string of the molecule is C=C1C(I)=CC=C(c2ccccc2)N1CC(F)F. The maximum atomic E-state index is 12.7. The van der Waals surface area contributed by atoms with E-state index < -0.39 is 6.43 Å². The molecular formula is C14H12F2IN. The van der Waals surface area contributed by atoms with Gasteiger partial charge in [-0.15, -0.1) is 0 Å². The normalized spacial score (nSPS) is 15.8. The smallest absolute Gasteiger partial charge is 0.256 e. The second-order valence-electron chi connectivity index (χ2n) is 3.88. The van der Waals surface area contributed by atoms with E-state index in [1.165, 1.54) is 0 Å². The molecule has 0 aliphatic carbocycles. The van der Waals surface area contributed by atoms with Crippen LogP contribution in [0.3, 0.4) is 0 Å². The van der Waals surface area contributed by atoms with Gasteiger partial charge in [0, 0.05) is 15.0 Å². The largest absolute Gasteiger partial charge is 0.335 e. The van der Waals surface area contributed by atoms with E-state index in [0.29, 0.717) is 5.70 Å². The lowest BCUT2D eigenvalue weighted by atomic mass is 10.1. The zero-order chi connectivity index (χ0) is 13.1. The Morgan fingerprint density at radius 2 is 1.83 bits per heavy atom. The number of alkyl halides is 2. The molecule has 0 atom stereocenters. The maximum Gasteiger partial charge on any atom is 0.256 e. The van der Waals surface area contributed by atoms with Gasteiger partial charge in [-0.3, -0.25) is 0 Å². The lowest BCUT2D eigenvalue weighted by molar-refractivity contribution is 0.123. The monoisotopic (exact) mass is 359 g/mol. The van der Waals surface area contributed by atoms with Crippen molar-refractivity contribution in [2.24, 2.45) is 0 Å². The van der Waals surface area contributed by atoms with E-state index in [9.17, 15) is 8.78 Å². The number of hydrogen-bond donors (Lipinski definition) is 0. The van der Waals surface area contributed by atoms with Gasteiger partial charge in [-0.25, -0.2) is 8.78 Å². The molecule has 1 aromatic rings. The second kappa shape index (κ2) is 5.65. The summed E-state index contributed by atoms with van der Waals surface area (Å²) in [6, 6.07) is 9.50. The van der Waals surface area contributed by atoms with Crippen LogP contribution >= 0.6 is 22.6 Å². The molecule has 0 N–H and O–H groups in total.